The number of hydrogen-bond acceptors (Lipinski definition) is 10. The standard InChI is InChI=1S/C35H38F4N10O3S/c1-4-46-19-25(32(51)20-15-23(37)27(17-26(20)46)47-11-7-44(2)8-12-47)40-34(52)41-35-43-42-33(53-35)22-18-49(6-5-36)29-21(31(22)50)16-24(38)30(28(29)39)48-13-9-45(3)10-14-48/h15-19H,4-14H2,1-3H3,(H2,40,41,43,52). The van der Waals surface area contributed by atoms with Crippen LogP contribution in [0.4, 0.5) is 44.5 Å². The largest absolute Gasteiger partial charge is 0.367 e. The summed E-state index contributed by atoms with van der Waals surface area (Å²) in [5.74, 6) is -2.40. The van der Waals surface area contributed by atoms with Gasteiger partial charge in [-0.05, 0) is 39.2 Å². The van der Waals surface area contributed by atoms with Crippen molar-refractivity contribution in [3.05, 3.63) is 68.5 Å². The summed E-state index contributed by atoms with van der Waals surface area (Å²) in [6, 6.07) is 2.97. The van der Waals surface area contributed by atoms with Crippen molar-refractivity contribution in [2.75, 3.05) is 93.6 Å². The smallest absolute Gasteiger partial charge is 0.325 e. The number of aryl methyl sites for hydroxylation is 2. The summed E-state index contributed by atoms with van der Waals surface area (Å²) in [6.45, 7) is 5.87. The highest BCUT2D eigenvalue weighted by molar-refractivity contribution is 7.18. The van der Waals surface area contributed by atoms with Crippen LogP contribution in [0.25, 0.3) is 32.4 Å². The molecule has 5 heterocycles. The average molecular weight is 755 g/mol. The first-order chi connectivity index (χ1) is 25.5. The Balaban J connectivity index is 1.15. The van der Waals surface area contributed by atoms with E-state index in [1.165, 1.54) is 23.0 Å². The summed E-state index contributed by atoms with van der Waals surface area (Å²) in [6.07, 6.45) is 2.73. The number of benzene rings is 2. The average Bonchev–Trinajstić information content (AvgIpc) is 3.59. The summed E-state index contributed by atoms with van der Waals surface area (Å²) in [5.41, 5.74) is -1.08. The number of pyridine rings is 2. The fourth-order valence-corrected chi connectivity index (χ4v) is 7.63. The first-order valence-electron chi connectivity index (χ1n) is 17.2. The summed E-state index contributed by atoms with van der Waals surface area (Å²) in [7, 11) is 3.92. The molecule has 0 saturated carbocycles. The molecule has 2 saturated heterocycles. The zero-order chi connectivity index (χ0) is 37.6. The fraction of sp³-hybridized carbons (Fsp3) is 0.400. The van der Waals surface area contributed by atoms with Gasteiger partial charge in [0.05, 0.1) is 39.6 Å². The molecule has 7 rings (SSSR count). The van der Waals surface area contributed by atoms with Crippen molar-refractivity contribution in [3.63, 3.8) is 0 Å². The van der Waals surface area contributed by atoms with Crippen LogP contribution in [0.2, 0.25) is 0 Å². The summed E-state index contributed by atoms with van der Waals surface area (Å²) >= 11 is 0.798. The van der Waals surface area contributed by atoms with E-state index in [0.717, 1.165) is 30.5 Å². The molecule has 53 heavy (non-hydrogen) atoms. The van der Waals surface area contributed by atoms with E-state index in [0.29, 0.717) is 57.0 Å². The molecule has 2 fully saturated rings. The zero-order valence-corrected chi connectivity index (χ0v) is 30.2. The monoisotopic (exact) mass is 754 g/mol. The summed E-state index contributed by atoms with van der Waals surface area (Å²) in [5, 5.41) is 12.7. The van der Waals surface area contributed by atoms with Crippen LogP contribution in [0.1, 0.15) is 6.92 Å². The van der Waals surface area contributed by atoms with Crippen LogP contribution in [-0.4, -0.2) is 108 Å². The van der Waals surface area contributed by atoms with E-state index in [4.69, 9.17) is 0 Å². The van der Waals surface area contributed by atoms with Gasteiger partial charge in [-0.1, -0.05) is 11.3 Å². The van der Waals surface area contributed by atoms with Gasteiger partial charge in [-0.3, -0.25) is 14.9 Å². The molecule has 0 radical (unpaired) electrons. The van der Waals surface area contributed by atoms with Crippen LogP contribution in [0, 0.1) is 17.5 Å². The number of fused-ring (bicyclic) bond motifs is 2. The molecule has 2 aliphatic rings. The minimum absolute atomic E-state index is 0.00874. The lowest BCUT2D eigenvalue weighted by Crippen LogP contribution is -2.45. The van der Waals surface area contributed by atoms with Gasteiger partial charge in [0, 0.05) is 71.3 Å². The van der Waals surface area contributed by atoms with E-state index in [2.05, 4.69) is 25.7 Å². The van der Waals surface area contributed by atoms with Gasteiger partial charge >= 0.3 is 6.03 Å². The Kier molecular flexibility index (Phi) is 10.1. The number of urea groups is 1. The Morgan fingerprint density at radius 2 is 1.47 bits per heavy atom. The number of alkyl halides is 1. The Morgan fingerprint density at radius 1 is 0.811 bits per heavy atom. The van der Waals surface area contributed by atoms with E-state index in [1.54, 1.807) is 15.5 Å². The second kappa shape index (κ2) is 14.7. The molecule has 0 spiro atoms. The first-order valence-corrected chi connectivity index (χ1v) is 18.1. The lowest BCUT2D eigenvalue weighted by atomic mass is 10.1. The molecule has 0 bridgehead atoms. The first kappa shape index (κ1) is 36.3. The van der Waals surface area contributed by atoms with Gasteiger partial charge in [0.25, 0.3) is 0 Å². The van der Waals surface area contributed by atoms with E-state index >= 15 is 13.2 Å². The number of aromatic nitrogens is 4. The van der Waals surface area contributed by atoms with Gasteiger partial charge < -0.3 is 34.1 Å². The molecule has 280 valence electrons. The highest BCUT2D eigenvalue weighted by atomic mass is 32.1. The van der Waals surface area contributed by atoms with Crippen molar-refractivity contribution < 1.29 is 22.4 Å². The normalized spacial score (nSPS) is 15.8. The van der Waals surface area contributed by atoms with Gasteiger partial charge in [0.2, 0.25) is 10.6 Å². The zero-order valence-electron chi connectivity index (χ0n) is 29.4. The molecule has 3 aromatic heterocycles. The number of rotatable bonds is 8. The minimum atomic E-state index is -0.952. The van der Waals surface area contributed by atoms with Gasteiger partial charge in [-0.2, -0.15) is 0 Å². The second-order valence-corrected chi connectivity index (χ2v) is 14.2. The summed E-state index contributed by atoms with van der Waals surface area (Å²) in [4.78, 5) is 47.9. The predicted molar refractivity (Wildman–Crippen MR) is 199 cm³/mol. The Labute approximate surface area is 305 Å². The van der Waals surface area contributed by atoms with E-state index in [-0.39, 0.29) is 49.9 Å². The number of piperazine rings is 2. The molecule has 5 aromatic rings. The fourth-order valence-electron chi connectivity index (χ4n) is 6.89. The number of nitrogens with zero attached hydrogens (tertiary/aromatic N) is 8. The maximum absolute atomic E-state index is 16.0. The van der Waals surface area contributed by atoms with Crippen LogP contribution < -0.4 is 31.3 Å². The predicted octanol–water partition coefficient (Wildman–Crippen LogP) is 4.39. The highest BCUT2D eigenvalue weighted by Gasteiger charge is 2.27. The highest BCUT2D eigenvalue weighted by Crippen LogP contribution is 2.33. The Bertz CT molecular complexity index is 2330. The van der Waals surface area contributed by atoms with Gasteiger partial charge in [-0.15, -0.1) is 10.2 Å². The number of carbonyl (C=O) groups excluding carboxylic acids is 1. The Morgan fingerprint density at radius 3 is 2.13 bits per heavy atom. The van der Waals surface area contributed by atoms with Crippen LogP contribution in [0.3, 0.4) is 0 Å². The molecule has 2 aliphatic heterocycles. The van der Waals surface area contributed by atoms with Crippen molar-refractivity contribution >= 4 is 61.4 Å². The number of anilines is 4. The van der Waals surface area contributed by atoms with Gasteiger partial charge in [-0.25, -0.2) is 22.4 Å². The molecule has 13 nitrogen and oxygen atoms in total. The number of halogens is 4. The number of hydrogen-bond donors (Lipinski definition) is 2. The van der Waals surface area contributed by atoms with E-state index in [1.807, 2.05) is 30.8 Å². The van der Waals surface area contributed by atoms with Crippen molar-refractivity contribution in [1.82, 2.24) is 29.1 Å². The van der Waals surface area contributed by atoms with Crippen molar-refractivity contribution in [1.29, 1.82) is 0 Å². The molecule has 2 aromatic carbocycles. The number of likely N-dealkylation sites (N-methyl/N-ethyl adjacent to an activating group) is 2. The van der Waals surface area contributed by atoms with Crippen LogP contribution in [0.5, 0.6) is 0 Å². The number of carbonyl (C=O) groups is 1. The van der Waals surface area contributed by atoms with Crippen molar-refractivity contribution in [2.45, 2.75) is 20.0 Å². The van der Waals surface area contributed by atoms with Crippen molar-refractivity contribution in [3.8, 4) is 10.6 Å². The van der Waals surface area contributed by atoms with Crippen LogP contribution in [0.15, 0.2) is 40.2 Å². The number of nitrogens with one attached hydrogen (secondary N) is 2. The maximum atomic E-state index is 16.0. The minimum Gasteiger partial charge on any atom is -0.367 e. The van der Waals surface area contributed by atoms with Crippen LogP contribution in [-0.2, 0) is 13.1 Å². The number of amides is 2. The quantitative estimate of drug-likeness (QED) is 0.222. The van der Waals surface area contributed by atoms with Crippen LogP contribution >= 0.6 is 11.3 Å². The van der Waals surface area contributed by atoms with E-state index < -0.39 is 41.0 Å². The molecule has 2 N–H and O–H groups in total. The molecular formula is C35H38F4N10O3S. The lowest BCUT2D eigenvalue weighted by Gasteiger charge is -2.34. The Hall–Kier alpha value is -5.07. The SMILES string of the molecule is CCn1cc(NC(=O)Nc2nnc(-c3cn(CCF)c4c(F)c(N5CCN(C)CC5)c(F)cc4c3=O)s2)c(=O)c2cc(F)c(N3CCN(C)CC3)cc21. The third-order valence-electron chi connectivity index (χ3n) is 9.83. The third-order valence-corrected chi connectivity index (χ3v) is 10.7. The summed E-state index contributed by atoms with van der Waals surface area (Å²) < 4.78 is 63.6. The topological polar surface area (TPSA) is 124 Å². The van der Waals surface area contributed by atoms with Crippen molar-refractivity contribution in [2.24, 2.45) is 0 Å². The molecule has 0 aliphatic carbocycles. The molecule has 18 heteroatoms. The lowest BCUT2D eigenvalue weighted by molar-refractivity contribution is 0.262. The molecule has 0 atom stereocenters. The molecule has 0 unspecified atom stereocenters. The molecule has 2 amide bonds. The second-order valence-electron chi connectivity index (χ2n) is 13.2. The van der Waals surface area contributed by atoms with E-state index in [9.17, 15) is 18.8 Å². The maximum Gasteiger partial charge on any atom is 0.325 e. The third kappa shape index (κ3) is 6.93. The van der Waals surface area contributed by atoms with Gasteiger partial charge in [0.1, 0.15) is 29.7 Å². The molecular weight excluding hydrogens is 717 g/mol. The van der Waals surface area contributed by atoms with Gasteiger partial charge in [0.15, 0.2) is 16.3 Å².